The molecule has 2 heterocycles. The van der Waals surface area contributed by atoms with Gasteiger partial charge in [-0.15, -0.1) is 0 Å². The minimum Gasteiger partial charge on any atom is -0.455 e. The third-order valence-corrected chi connectivity index (χ3v) is 11.1. The SMILES string of the molecule is c1ccc(-c2cccc(-c3cccc(-c4cccc5c4oc4cc6c(cc45)oc4c(-c5cccc(-c7cccc(-c8ccccc8)c7)c5)cccc46)c3)c2)cc1. The van der Waals surface area contributed by atoms with Gasteiger partial charge in [-0.25, -0.2) is 0 Å². The van der Waals surface area contributed by atoms with Crippen LogP contribution in [0.3, 0.4) is 0 Å². The maximum atomic E-state index is 6.77. The first-order chi connectivity index (χ1) is 27.7. The van der Waals surface area contributed by atoms with E-state index in [2.05, 4.69) is 206 Å². The molecule has 0 spiro atoms. The Morgan fingerprint density at radius 1 is 0.214 bits per heavy atom. The zero-order chi connectivity index (χ0) is 37.0. The third kappa shape index (κ3) is 5.51. The Morgan fingerprint density at radius 3 is 0.911 bits per heavy atom. The lowest BCUT2D eigenvalue weighted by Crippen LogP contribution is -1.84. The van der Waals surface area contributed by atoms with E-state index in [-0.39, 0.29) is 0 Å². The van der Waals surface area contributed by atoms with Crippen LogP contribution < -0.4 is 0 Å². The van der Waals surface area contributed by atoms with Crippen molar-refractivity contribution >= 4 is 43.9 Å². The molecule has 11 rings (SSSR count). The Morgan fingerprint density at radius 2 is 0.518 bits per heavy atom. The molecule has 0 atom stereocenters. The van der Waals surface area contributed by atoms with Gasteiger partial charge in [-0.3, -0.25) is 0 Å². The molecule has 56 heavy (non-hydrogen) atoms. The quantitative estimate of drug-likeness (QED) is 0.171. The molecule has 9 aromatic carbocycles. The van der Waals surface area contributed by atoms with E-state index in [1.54, 1.807) is 0 Å². The lowest BCUT2D eigenvalue weighted by atomic mass is 9.95. The van der Waals surface area contributed by atoms with E-state index in [1.807, 2.05) is 0 Å². The minimum absolute atomic E-state index is 0.847. The summed E-state index contributed by atoms with van der Waals surface area (Å²) in [5, 5.41) is 4.23. The zero-order valence-electron chi connectivity index (χ0n) is 30.4. The molecule has 0 amide bonds. The Labute approximate surface area is 324 Å². The summed E-state index contributed by atoms with van der Waals surface area (Å²) in [7, 11) is 0. The molecule has 0 aliphatic rings. The highest BCUT2D eigenvalue weighted by Crippen LogP contribution is 2.43. The van der Waals surface area contributed by atoms with E-state index in [9.17, 15) is 0 Å². The minimum atomic E-state index is 0.847. The van der Waals surface area contributed by atoms with Crippen molar-refractivity contribution in [3.05, 3.63) is 206 Å². The molecule has 2 nitrogen and oxygen atoms in total. The van der Waals surface area contributed by atoms with Gasteiger partial charge in [-0.2, -0.15) is 0 Å². The molecule has 0 bridgehead atoms. The van der Waals surface area contributed by atoms with E-state index in [1.165, 1.54) is 44.5 Å². The van der Waals surface area contributed by atoms with Gasteiger partial charge in [0, 0.05) is 32.7 Å². The lowest BCUT2D eigenvalue weighted by molar-refractivity contribution is 0.665. The van der Waals surface area contributed by atoms with Crippen molar-refractivity contribution in [1.29, 1.82) is 0 Å². The summed E-state index contributed by atoms with van der Waals surface area (Å²) in [6, 6.07) is 73.2. The monoisotopic (exact) mass is 714 g/mol. The fraction of sp³-hybridized carbons (Fsp3) is 0. The number of benzene rings is 9. The molecule has 0 unspecified atom stereocenters. The van der Waals surface area contributed by atoms with Gasteiger partial charge in [0.2, 0.25) is 0 Å². The standard InChI is InChI=1S/C54H34O2/c1-3-13-35(14-4-1)37-17-7-19-39(29-37)41-21-9-23-43(31-41)45-25-11-27-47-49-33-52-50(34-51(49)55-53(45)47)48-28-12-26-46(54(48)56-52)44-24-10-22-42(32-44)40-20-8-18-38(30-40)36-15-5-2-6-16-36/h1-34H. The van der Waals surface area contributed by atoms with E-state index in [4.69, 9.17) is 8.83 Å². The van der Waals surface area contributed by atoms with Gasteiger partial charge < -0.3 is 8.83 Å². The van der Waals surface area contributed by atoms with E-state index in [0.29, 0.717) is 0 Å². The van der Waals surface area contributed by atoms with Crippen LogP contribution in [0.2, 0.25) is 0 Å². The average Bonchev–Trinajstić information content (AvgIpc) is 3.84. The van der Waals surface area contributed by atoms with Crippen LogP contribution in [0.15, 0.2) is 215 Å². The maximum absolute atomic E-state index is 6.77. The van der Waals surface area contributed by atoms with Crippen molar-refractivity contribution in [2.24, 2.45) is 0 Å². The largest absolute Gasteiger partial charge is 0.455 e. The molecule has 0 aliphatic carbocycles. The molecule has 0 fully saturated rings. The highest BCUT2D eigenvalue weighted by Gasteiger charge is 2.18. The third-order valence-electron chi connectivity index (χ3n) is 11.1. The summed E-state index contributed by atoms with van der Waals surface area (Å²) in [5.41, 5.74) is 17.3. The van der Waals surface area contributed by atoms with E-state index >= 15 is 0 Å². The zero-order valence-corrected chi connectivity index (χ0v) is 30.4. The Balaban J connectivity index is 0.975. The number of hydrogen-bond acceptors (Lipinski definition) is 2. The first kappa shape index (κ1) is 32.0. The van der Waals surface area contributed by atoms with Crippen LogP contribution in [0.25, 0.3) is 111 Å². The molecule has 0 radical (unpaired) electrons. The van der Waals surface area contributed by atoms with Crippen LogP contribution in [0.1, 0.15) is 0 Å². The summed E-state index contributed by atoms with van der Waals surface area (Å²) in [4.78, 5) is 0. The summed E-state index contributed by atoms with van der Waals surface area (Å²) < 4.78 is 13.5. The van der Waals surface area contributed by atoms with Crippen LogP contribution >= 0.6 is 0 Å². The van der Waals surface area contributed by atoms with Crippen LogP contribution in [0.5, 0.6) is 0 Å². The van der Waals surface area contributed by atoms with Gasteiger partial charge in [-0.05, 0) is 92.0 Å². The van der Waals surface area contributed by atoms with Gasteiger partial charge >= 0.3 is 0 Å². The molecule has 2 aromatic heterocycles. The Bertz CT molecular complexity index is 3020. The molecule has 0 N–H and O–H groups in total. The van der Waals surface area contributed by atoms with Gasteiger partial charge in [0.25, 0.3) is 0 Å². The lowest BCUT2D eigenvalue weighted by Gasteiger charge is -2.09. The molecular weight excluding hydrogens is 681 g/mol. The smallest absolute Gasteiger partial charge is 0.143 e. The van der Waals surface area contributed by atoms with Crippen molar-refractivity contribution in [1.82, 2.24) is 0 Å². The fourth-order valence-corrected chi connectivity index (χ4v) is 8.29. The fourth-order valence-electron chi connectivity index (χ4n) is 8.29. The Hall–Kier alpha value is -7.42. The van der Waals surface area contributed by atoms with E-state index in [0.717, 1.165) is 66.1 Å². The van der Waals surface area contributed by atoms with Crippen molar-refractivity contribution < 1.29 is 8.83 Å². The first-order valence-corrected chi connectivity index (χ1v) is 19.1. The van der Waals surface area contributed by atoms with Gasteiger partial charge in [0.1, 0.15) is 22.3 Å². The number of para-hydroxylation sites is 2. The predicted octanol–water partition coefficient (Wildman–Crippen LogP) is 15.5. The highest BCUT2D eigenvalue weighted by molar-refractivity contribution is 6.18. The summed E-state index contributed by atoms with van der Waals surface area (Å²) in [6.45, 7) is 0. The Kier molecular flexibility index (Phi) is 7.53. The predicted molar refractivity (Wildman–Crippen MR) is 234 cm³/mol. The number of fused-ring (bicyclic) bond motifs is 6. The summed E-state index contributed by atoms with van der Waals surface area (Å²) in [6.07, 6.45) is 0. The molecule has 11 aromatic rings. The number of furan rings is 2. The van der Waals surface area contributed by atoms with E-state index < -0.39 is 0 Å². The average molecular weight is 715 g/mol. The van der Waals surface area contributed by atoms with Crippen molar-refractivity contribution in [3.63, 3.8) is 0 Å². The topological polar surface area (TPSA) is 26.3 Å². The van der Waals surface area contributed by atoms with Crippen molar-refractivity contribution in [2.45, 2.75) is 0 Å². The molecule has 0 saturated carbocycles. The second-order valence-electron chi connectivity index (χ2n) is 14.5. The number of rotatable bonds is 6. The van der Waals surface area contributed by atoms with Crippen LogP contribution in [0.4, 0.5) is 0 Å². The molecule has 262 valence electrons. The van der Waals surface area contributed by atoms with Crippen molar-refractivity contribution in [3.8, 4) is 66.8 Å². The highest BCUT2D eigenvalue weighted by atomic mass is 16.3. The summed E-state index contributed by atoms with van der Waals surface area (Å²) in [5.74, 6) is 0. The normalized spacial score (nSPS) is 11.6. The second-order valence-corrected chi connectivity index (χ2v) is 14.5. The molecule has 0 aliphatic heterocycles. The van der Waals surface area contributed by atoms with Gasteiger partial charge in [-0.1, -0.05) is 170 Å². The van der Waals surface area contributed by atoms with Gasteiger partial charge in [0.05, 0.1) is 0 Å². The maximum Gasteiger partial charge on any atom is 0.143 e. The second kappa shape index (κ2) is 13.2. The van der Waals surface area contributed by atoms with Crippen molar-refractivity contribution in [2.75, 3.05) is 0 Å². The van der Waals surface area contributed by atoms with Gasteiger partial charge in [0.15, 0.2) is 0 Å². The van der Waals surface area contributed by atoms with Crippen LogP contribution in [0, 0.1) is 0 Å². The molecule has 0 saturated heterocycles. The van der Waals surface area contributed by atoms with Crippen LogP contribution in [-0.4, -0.2) is 0 Å². The number of hydrogen-bond donors (Lipinski definition) is 0. The molecular formula is C54H34O2. The molecule has 2 heteroatoms. The van der Waals surface area contributed by atoms with Crippen LogP contribution in [-0.2, 0) is 0 Å². The first-order valence-electron chi connectivity index (χ1n) is 19.1. The summed E-state index contributed by atoms with van der Waals surface area (Å²) >= 11 is 0.